The van der Waals surface area contributed by atoms with Crippen molar-refractivity contribution in [2.45, 2.75) is 31.9 Å². The van der Waals surface area contributed by atoms with E-state index in [1.54, 1.807) is 17.0 Å². The third kappa shape index (κ3) is 4.19. The van der Waals surface area contributed by atoms with Gasteiger partial charge >= 0.3 is 0 Å². The minimum absolute atomic E-state index is 0.0507. The number of fused-ring (bicyclic) bond motifs is 1. The zero-order valence-corrected chi connectivity index (χ0v) is 19.0. The molecule has 0 radical (unpaired) electrons. The first-order chi connectivity index (χ1) is 16.5. The molecule has 2 aliphatic rings. The molecule has 2 aromatic heterocycles. The molecule has 12 heteroatoms. The number of aromatic nitrogens is 4. The molecule has 11 nitrogen and oxygen atoms in total. The van der Waals surface area contributed by atoms with E-state index in [9.17, 15) is 15.3 Å². The van der Waals surface area contributed by atoms with Crippen molar-refractivity contribution in [1.82, 2.24) is 24.5 Å². The van der Waals surface area contributed by atoms with Gasteiger partial charge in [-0.15, -0.1) is 5.10 Å². The Bertz CT molecular complexity index is 1370. The van der Waals surface area contributed by atoms with Crippen LogP contribution in [-0.2, 0) is 9.53 Å². The molecule has 1 aliphatic carbocycles. The number of halogens is 1. The van der Waals surface area contributed by atoms with Crippen molar-refractivity contribution in [3.8, 4) is 12.1 Å². The van der Waals surface area contributed by atoms with E-state index in [0.29, 0.717) is 59.0 Å². The Kier molecular flexibility index (Phi) is 5.65. The maximum absolute atomic E-state index is 11.9. The number of morpholine rings is 1. The van der Waals surface area contributed by atoms with E-state index in [1.165, 1.54) is 17.6 Å². The lowest BCUT2D eigenvalue weighted by molar-refractivity contribution is -0.136. The predicted octanol–water partition coefficient (Wildman–Crippen LogP) is 2.76. The third-order valence-electron chi connectivity index (χ3n) is 5.73. The van der Waals surface area contributed by atoms with Gasteiger partial charge in [0.05, 0.1) is 41.7 Å². The second kappa shape index (κ2) is 8.78. The standard InChI is InChI=1S/C22H20ClN9O2/c1-12(33)31-4-5-34-18(11-31)16-6-13(8-24)7-17(19(16)23)28-22-29-20(27-14-2-3-14)21-26-10-15(9-25)32(21)30-22/h6-7,10,14,18H,2-5,11H2,1H3,(H2,27,28,29,30). The molecule has 172 valence electrons. The molecule has 1 aliphatic heterocycles. The normalized spacial score (nSPS) is 17.8. The molecule has 1 amide bonds. The van der Waals surface area contributed by atoms with Crippen molar-refractivity contribution >= 4 is 40.6 Å². The minimum Gasteiger partial charge on any atom is -0.370 e. The van der Waals surface area contributed by atoms with Crippen molar-refractivity contribution in [3.63, 3.8) is 0 Å². The van der Waals surface area contributed by atoms with E-state index < -0.39 is 6.10 Å². The number of hydrogen-bond acceptors (Lipinski definition) is 9. The predicted molar refractivity (Wildman–Crippen MR) is 123 cm³/mol. The van der Waals surface area contributed by atoms with Crippen molar-refractivity contribution in [3.05, 3.63) is 40.2 Å². The van der Waals surface area contributed by atoms with Gasteiger partial charge in [-0.3, -0.25) is 4.79 Å². The molecule has 1 unspecified atom stereocenters. The molecular formula is C22H20ClN9O2. The quantitative estimate of drug-likeness (QED) is 0.566. The number of rotatable bonds is 5. The summed E-state index contributed by atoms with van der Waals surface area (Å²) in [5, 5.41) is 30.2. The highest BCUT2D eigenvalue weighted by Gasteiger charge is 2.28. The van der Waals surface area contributed by atoms with Gasteiger partial charge in [0.2, 0.25) is 11.9 Å². The Balaban J connectivity index is 1.53. The van der Waals surface area contributed by atoms with Gasteiger partial charge in [0.15, 0.2) is 17.2 Å². The molecule has 1 atom stereocenters. The fourth-order valence-corrected chi connectivity index (χ4v) is 4.09. The number of carbonyl (C=O) groups excluding carboxylic acids is 1. The molecule has 0 bridgehead atoms. The number of anilines is 3. The van der Waals surface area contributed by atoms with Gasteiger partial charge < -0.3 is 20.3 Å². The number of benzene rings is 1. The van der Waals surface area contributed by atoms with Crippen LogP contribution in [0.25, 0.3) is 5.65 Å². The van der Waals surface area contributed by atoms with E-state index in [2.05, 4.69) is 37.8 Å². The van der Waals surface area contributed by atoms with Gasteiger partial charge in [-0.1, -0.05) is 11.6 Å². The van der Waals surface area contributed by atoms with Crippen LogP contribution >= 0.6 is 11.6 Å². The summed E-state index contributed by atoms with van der Waals surface area (Å²) in [5.41, 5.74) is 2.08. The second-order valence-corrected chi connectivity index (χ2v) is 8.56. The lowest BCUT2D eigenvalue weighted by Crippen LogP contribution is -2.41. The number of imidazole rings is 1. The fraction of sp³-hybridized carbons (Fsp3) is 0.364. The van der Waals surface area contributed by atoms with Crippen LogP contribution in [0.4, 0.5) is 17.5 Å². The lowest BCUT2D eigenvalue weighted by Gasteiger charge is -2.33. The van der Waals surface area contributed by atoms with Gasteiger partial charge in [-0.05, 0) is 25.0 Å². The van der Waals surface area contributed by atoms with Crippen LogP contribution in [0, 0.1) is 22.7 Å². The molecule has 34 heavy (non-hydrogen) atoms. The fourth-order valence-electron chi connectivity index (χ4n) is 3.81. The molecule has 3 aromatic rings. The Morgan fingerprint density at radius 3 is 2.82 bits per heavy atom. The first-order valence-electron chi connectivity index (χ1n) is 10.8. The lowest BCUT2D eigenvalue weighted by atomic mass is 10.0. The summed E-state index contributed by atoms with van der Waals surface area (Å²) >= 11 is 6.74. The van der Waals surface area contributed by atoms with Gasteiger partial charge in [0, 0.05) is 25.1 Å². The molecule has 0 spiro atoms. The molecule has 2 fully saturated rings. The van der Waals surface area contributed by atoms with E-state index in [1.807, 2.05) is 0 Å². The highest BCUT2D eigenvalue weighted by Crippen LogP contribution is 2.36. The van der Waals surface area contributed by atoms with Gasteiger partial charge in [0.1, 0.15) is 12.2 Å². The molecule has 3 heterocycles. The second-order valence-electron chi connectivity index (χ2n) is 8.18. The number of nitrogens with one attached hydrogen (secondary N) is 2. The van der Waals surface area contributed by atoms with E-state index in [4.69, 9.17) is 16.3 Å². The number of hydrogen-bond donors (Lipinski definition) is 2. The average molecular weight is 478 g/mol. The largest absolute Gasteiger partial charge is 0.370 e. The summed E-state index contributed by atoms with van der Waals surface area (Å²) in [6.45, 7) is 2.72. The summed E-state index contributed by atoms with van der Waals surface area (Å²) in [7, 11) is 0. The zero-order valence-electron chi connectivity index (χ0n) is 18.2. The van der Waals surface area contributed by atoms with Crippen LogP contribution in [0.5, 0.6) is 0 Å². The smallest absolute Gasteiger partial charge is 0.247 e. The summed E-state index contributed by atoms with van der Waals surface area (Å²) in [5.74, 6) is 0.634. The molecule has 5 rings (SSSR count). The van der Waals surface area contributed by atoms with Crippen molar-refractivity contribution in [1.29, 1.82) is 10.5 Å². The summed E-state index contributed by atoms with van der Waals surface area (Å²) in [4.78, 5) is 22.4. The zero-order chi connectivity index (χ0) is 23.8. The van der Waals surface area contributed by atoms with Crippen LogP contribution in [0.3, 0.4) is 0 Å². The monoisotopic (exact) mass is 477 g/mol. The van der Waals surface area contributed by atoms with Gasteiger partial charge in [0.25, 0.3) is 0 Å². The first kappa shape index (κ1) is 21.9. The number of amides is 1. The van der Waals surface area contributed by atoms with Crippen LogP contribution in [0.2, 0.25) is 5.02 Å². The van der Waals surface area contributed by atoms with E-state index in [-0.39, 0.29) is 17.5 Å². The summed E-state index contributed by atoms with van der Waals surface area (Å²) in [6.07, 6.45) is 3.02. The number of nitrogens with zero attached hydrogens (tertiary/aromatic N) is 7. The highest BCUT2D eigenvalue weighted by molar-refractivity contribution is 6.34. The first-order valence-corrected chi connectivity index (χ1v) is 11.1. The number of carbonyl (C=O) groups is 1. The summed E-state index contributed by atoms with van der Waals surface area (Å²) < 4.78 is 7.29. The molecule has 1 aromatic carbocycles. The summed E-state index contributed by atoms with van der Waals surface area (Å²) in [6, 6.07) is 7.77. The Morgan fingerprint density at radius 2 is 2.12 bits per heavy atom. The Hall–Kier alpha value is -3.93. The molecule has 1 saturated heterocycles. The van der Waals surface area contributed by atoms with Crippen LogP contribution in [-0.4, -0.2) is 56.1 Å². The van der Waals surface area contributed by atoms with Gasteiger partial charge in [-0.25, -0.2) is 4.98 Å². The van der Waals surface area contributed by atoms with Crippen LogP contribution < -0.4 is 10.6 Å². The van der Waals surface area contributed by atoms with Crippen molar-refractivity contribution < 1.29 is 9.53 Å². The SMILES string of the molecule is CC(=O)N1CCOC(c2cc(C#N)cc(Nc3nc(NC4CC4)c4ncc(C#N)n4n3)c2Cl)C1. The van der Waals surface area contributed by atoms with E-state index in [0.717, 1.165) is 12.8 Å². The minimum atomic E-state index is -0.478. The highest BCUT2D eigenvalue weighted by atomic mass is 35.5. The molecule has 1 saturated carbocycles. The molecule has 2 N–H and O–H groups in total. The van der Waals surface area contributed by atoms with Gasteiger partial charge in [-0.2, -0.15) is 20.0 Å². The number of nitriles is 2. The van der Waals surface area contributed by atoms with Crippen LogP contribution in [0.15, 0.2) is 18.3 Å². The number of ether oxygens (including phenoxy) is 1. The maximum Gasteiger partial charge on any atom is 0.247 e. The van der Waals surface area contributed by atoms with Crippen molar-refractivity contribution in [2.75, 3.05) is 30.3 Å². The average Bonchev–Trinajstić information content (AvgIpc) is 3.56. The van der Waals surface area contributed by atoms with Crippen LogP contribution in [0.1, 0.15) is 42.7 Å². The van der Waals surface area contributed by atoms with E-state index >= 15 is 0 Å². The topological polar surface area (TPSA) is 144 Å². The third-order valence-corrected chi connectivity index (χ3v) is 6.15. The maximum atomic E-state index is 11.9. The Labute approximate surface area is 199 Å². The Morgan fingerprint density at radius 1 is 1.29 bits per heavy atom. The van der Waals surface area contributed by atoms with Crippen molar-refractivity contribution in [2.24, 2.45) is 0 Å². The molecular weight excluding hydrogens is 458 g/mol.